The molecule has 5 heteroatoms. The van der Waals surface area contributed by atoms with Crippen LogP contribution in [0.3, 0.4) is 0 Å². The Kier molecular flexibility index (Phi) is 3.88. The lowest BCUT2D eigenvalue weighted by Crippen LogP contribution is -2.33. The lowest BCUT2D eigenvalue weighted by molar-refractivity contribution is -0.126. The van der Waals surface area contributed by atoms with Crippen molar-refractivity contribution in [3.05, 3.63) is 29.8 Å². The molecule has 5 nitrogen and oxygen atoms in total. The molecule has 0 aromatic heterocycles. The lowest BCUT2D eigenvalue weighted by Gasteiger charge is -2.13. The predicted molar refractivity (Wildman–Crippen MR) is 57.6 cm³/mol. The molecule has 16 heavy (non-hydrogen) atoms. The monoisotopic (exact) mass is 223 g/mol. The van der Waals surface area contributed by atoms with Gasteiger partial charge in [-0.05, 0) is 25.1 Å². The summed E-state index contributed by atoms with van der Waals surface area (Å²) in [6.07, 6.45) is -0.658. The Hall–Kier alpha value is -2.04. The van der Waals surface area contributed by atoms with Crippen LogP contribution >= 0.6 is 0 Å². The van der Waals surface area contributed by atoms with Crippen molar-refractivity contribution >= 4 is 11.9 Å². The highest BCUT2D eigenvalue weighted by Gasteiger charge is 2.13. The number of rotatable bonds is 4. The highest BCUT2D eigenvalue weighted by molar-refractivity contribution is 5.88. The maximum absolute atomic E-state index is 11.2. The number of hydrogen-bond acceptors (Lipinski definition) is 3. The van der Waals surface area contributed by atoms with Crippen LogP contribution in [-0.2, 0) is 4.79 Å². The van der Waals surface area contributed by atoms with Crippen LogP contribution in [0.4, 0.5) is 0 Å². The molecule has 0 saturated heterocycles. The van der Waals surface area contributed by atoms with Crippen LogP contribution in [0.5, 0.6) is 5.75 Å². The van der Waals surface area contributed by atoms with Gasteiger partial charge < -0.3 is 15.2 Å². The Morgan fingerprint density at radius 3 is 2.69 bits per heavy atom. The molecule has 0 fully saturated rings. The van der Waals surface area contributed by atoms with E-state index in [4.69, 9.17) is 9.84 Å². The number of carbonyl (C=O) groups excluding carboxylic acids is 1. The highest BCUT2D eigenvalue weighted by Crippen LogP contribution is 2.14. The van der Waals surface area contributed by atoms with Crippen LogP contribution in [0.2, 0.25) is 0 Å². The summed E-state index contributed by atoms with van der Waals surface area (Å²) in [5.74, 6) is -0.935. The number of carbonyl (C=O) groups is 2. The number of amides is 1. The molecule has 1 unspecified atom stereocenters. The summed E-state index contributed by atoms with van der Waals surface area (Å²) in [5.41, 5.74) is 0.126. The third kappa shape index (κ3) is 2.98. The summed E-state index contributed by atoms with van der Waals surface area (Å²) in [7, 11) is 1.51. The van der Waals surface area contributed by atoms with E-state index in [1.165, 1.54) is 19.2 Å². The molecule has 0 bridgehead atoms. The SMILES string of the molecule is CNC(=O)C(C)Oc1cccc(C(=O)O)c1. The van der Waals surface area contributed by atoms with Gasteiger partial charge in [0, 0.05) is 7.05 Å². The average Bonchev–Trinajstić information content (AvgIpc) is 2.28. The molecule has 0 spiro atoms. The van der Waals surface area contributed by atoms with Gasteiger partial charge in [-0.15, -0.1) is 0 Å². The van der Waals surface area contributed by atoms with Crippen LogP contribution in [0, 0.1) is 0 Å². The maximum Gasteiger partial charge on any atom is 0.335 e. The van der Waals surface area contributed by atoms with Crippen LogP contribution < -0.4 is 10.1 Å². The molecule has 2 N–H and O–H groups in total. The Bertz CT molecular complexity index is 403. The lowest BCUT2D eigenvalue weighted by atomic mass is 10.2. The van der Waals surface area contributed by atoms with E-state index in [1.54, 1.807) is 19.1 Å². The first-order chi connectivity index (χ1) is 7.54. The molecule has 1 aromatic rings. The van der Waals surface area contributed by atoms with E-state index >= 15 is 0 Å². The van der Waals surface area contributed by atoms with Gasteiger partial charge in [0.25, 0.3) is 5.91 Å². The maximum atomic E-state index is 11.2. The topological polar surface area (TPSA) is 75.6 Å². The van der Waals surface area contributed by atoms with E-state index in [0.717, 1.165) is 0 Å². The van der Waals surface area contributed by atoms with Gasteiger partial charge in [0.1, 0.15) is 5.75 Å². The molecule has 0 radical (unpaired) electrons. The number of carboxylic acids is 1. The Morgan fingerprint density at radius 1 is 1.44 bits per heavy atom. The van der Waals surface area contributed by atoms with Crippen molar-refractivity contribution in [2.45, 2.75) is 13.0 Å². The largest absolute Gasteiger partial charge is 0.481 e. The minimum absolute atomic E-state index is 0.126. The summed E-state index contributed by atoms with van der Waals surface area (Å²) in [5, 5.41) is 11.2. The summed E-state index contributed by atoms with van der Waals surface area (Å²) >= 11 is 0. The normalized spacial score (nSPS) is 11.6. The smallest absolute Gasteiger partial charge is 0.335 e. The average molecular weight is 223 g/mol. The zero-order valence-electron chi connectivity index (χ0n) is 9.06. The number of carboxylic acid groups (broad SMARTS) is 1. The fraction of sp³-hybridized carbons (Fsp3) is 0.273. The molecule has 1 aromatic carbocycles. The van der Waals surface area contributed by atoms with Crippen molar-refractivity contribution in [2.75, 3.05) is 7.05 Å². The molecule has 0 saturated carbocycles. The third-order valence-corrected chi connectivity index (χ3v) is 2.01. The van der Waals surface area contributed by atoms with Gasteiger partial charge in [-0.1, -0.05) is 6.07 Å². The number of hydrogen-bond donors (Lipinski definition) is 2. The number of benzene rings is 1. The molecule has 0 aliphatic carbocycles. The second-order valence-electron chi connectivity index (χ2n) is 3.21. The van der Waals surface area contributed by atoms with Crippen LogP contribution in [0.15, 0.2) is 24.3 Å². The van der Waals surface area contributed by atoms with Crippen molar-refractivity contribution in [3.63, 3.8) is 0 Å². The molecule has 1 rings (SSSR count). The molecule has 1 amide bonds. The fourth-order valence-corrected chi connectivity index (χ4v) is 1.16. The van der Waals surface area contributed by atoms with E-state index in [1.807, 2.05) is 0 Å². The first-order valence-electron chi connectivity index (χ1n) is 4.76. The van der Waals surface area contributed by atoms with E-state index in [0.29, 0.717) is 5.75 Å². The quantitative estimate of drug-likeness (QED) is 0.795. The van der Waals surface area contributed by atoms with Crippen molar-refractivity contribution in [3.8, 4) is 5.75 Å². The Balaban J connectivity index is 2.78. The summed E-state index contributed by atoms with van der Waals surface area (Å²) in [4.78, 5) is 21.9. The van der Waals surface area contributed by atoms with Gasteiger partial charge in [0.15, 0.2) is 6.10 Å². The van der Waals surface area contributed by atoms with E-state index in [-0.39, 0.29) is 11.5 Å². The summed E-state index contributed by atoms with van der Waals surface area (Å²) in [6, 6.07) is 6.00. The summed E-state index contributed by atoms with van der Waals surface area (Å²) in [6.45, 7) is 1.59. The molecular weight excluding hydrogens is 210 g/mol. The van der Waals surface area contributed by atoms with Crippen LogP contribution in [-0.4, -0.2) is 30.1 Å². The van der Waals surface area contributed by atoms with Crippen LogP contribution in [0.1, 0.15) is 17.3 Å². The molecule has 0 aliphatic rings. The van der Waals surface area contributed by atoms with Gasteiger partial charge in [-0.2, -0.15) is 0 Å². The second kappa shape index (κ2) is 5.16. The number of ether oxygens (including phenoxy) is 1. The Labute approximate surface area is 93.0 Å². The highest BCUT2D eigenvalue weighted by atomic mass is 16.5. The molecule has 0 heterocycles. The third-order valence-electron chi connectivity index (χ3n) is 2.01. The zero-order valence-corrected chi connectivity index (χ0v) is 9.06. The number of nitrogens with one attached hydrogen (secondary N) is 1. The number of aromatic carboxylic acids is 1. The minimum atomic E-state index is -1.03. The van der Waals surface area contributed by atoms with Gasteiger partial charge in [0.2, 0.25) is 0 Å². The van der Waals surface area contributed by atoms with Gasteiger partial charge >= 0.3 is 5.97 Å². The molecule has 86 valence electrons. The first-order valence-corrected chi connectivity index (χ1v) is 4.76. The number of likely N-dealkylation sites (N-methyl/N-ethyl adjacent to an activating group) is 1. The molecule has 0 aliphatic heterocycles. The van der Waals surface area contributed by atoms with Crippen molar-refractivity contribution in [2.24, 2.45) is 0 Å². The van der Waals surface area contributed by atoms with Crippen molar-refractivity contribution in [1.29, 1.82) is 0 Å². The fourth-order valence-electron chi connectivity index (χ4n) is 1.16. The van der Waals surface area contributed by atoms with Crippen molar-refractivity contribution in [1.82, 2.24) is 5.32 Å². The van der Waals surface area contributed by atoms with E-state index < -0.39 is 12.1 Å². The van der Waals surface area contributed by atoms with E-state index in [2.05, 4.69) is 5.32 Å². The van der Waals surface area contributed by atoms with Crippen molar-refractivity contribution < 1.29 is 19.4 Å². The van der Waals surface area contributed by atoms with Gasteiger partial charge in [-0.25, -0.2) is 4.79 Å². The van der Waals surface area contributed by atoms with Gasteiger partial charge in [0.05, 0.1) is 5.56 Å². The summed E-state index contributed by atoms with van der Waals surface area (Å²) < 4.78 is 5.28. The molecular formula is C11H13NO4. The zero-order chi connectivity index (χ0) is 12.1. The predicted octanol–water partition coefficient (Wildman–Crippen LogP) is 0.898. The second-order valence-corrected chi connectivity index (χ2v) is 3.21. The minimum Gasteiger partial charge on any atom is -0.481 e. The van der Waals surface area contributed by atoms with Crippen LogP contribution in [0.25, 0.3) is 0 Å². The van der Waals surface area contributed by atoms with Gasteiger partial charge in [-0.3, -0.25) is 4.79 Å². The first kappa shape index (κ1) is 12.0. The van der Waals surface area contributed by atoms with E-state index in [9.17, 15) is 9.59 Å². The Morgan fingerprint density at radius 2 is 2.12 bits per heavy atom. The standard InChI is InChI=1S/C11H13NO4/c1-7(10(13)12-2)16-9-5-3-4-8(6-9)11(14)15/h3-7H,1-2H3,(H,12,13)(H,14,15). The molecule has 1 atom stereocenters.